The Morgan fingerprint density at radius 2 is 2.30 bits per heavy atom. The Labute approximate surface area is 132 Å². The van der Waals surface area contributed by atoms with Gasteiger partial charge in [-0.3, -0.25) is 4.79 Å². The van der Waals surface area contributed by atoms with Crippen molar-refractivity contribution in [3.63, 3.8) is 0 Å². The average Bonchev–Trinajstić information content (AvgIpc) is 3.02. The molecule has 23 heavy (non-hydrogen) atoms. The zero-order chi connectivity index (χ0) is 16.4. The van der Waals surface area contributed by atoms with E-state index in [2.05, 4.69) is 31.3 Å². The number of aromatic amines is 1. The molecule has 116 valence electrons. The highest BCUT2D eigenvalue weighted by Crippen LogP contribution is 2.38. The number of nitrogens with zero attached hydrogens (tertiary/aromatic N) is 4. The summed E-state index contributed by atoms with van der Waals surface area (Å²) in [6.45, 7) is 4.06. The van der Waals surface area contributed by atoms with Crippen molar-refractivity contribution in [3.8, 4) is 6.07 Å². The molecule has 1 aliphatic rings. The van der Waals surface area contributed by atoms with E-state index in [1.807, 2.05) is 38.1 Å². The molecule has 0 fully saturated rings. The molecule has 0 atom stereocenters. The van der Waals surface area contributed by atoms with Gasteiger partial charge in [0.25, 0.3) is 0 Å². The van der Waals surface area contributed by atoms with Crippen molar-refractivity contribution in [2.45, 2.75) is 25.7 Å². The fourth-order valence-corrected chi connectivity index (χ4v) is 2.57. The van der Waals surface area contributed by atoms with Gasteiger partial charge in [-0.05, 0) is 29.0 Å². The fraction of sp³-hybridized carbons (Fsp3) is 0.267. The summed E-state index contributed by atoms with van der Waals surface area (Å²) in [5.41, 5.74) is 2.70. The first-order chi connectivity index (χ1) is 11.0. The second-order valence-electron chi connectivity index (χ2n) is 5.92. The monoisotopic (exact) mass is 309 g/mol. The van der Waals surface area contributed by atoms with Crippen LogP contribution in [-0.4, -0.2) is 26.5 Å². The summed E-state index contributed by atoms with van der Waals surface area (Å²) in [6.07, 6.45) is 1.96. The van der Waals surface area contributed by atoms with Gasteiger partial charge in [0.1, 0.15) is 11.6 Å². The lowest BCUT2D eigenvalue weighted by atomic mass is 9.78. The third kappa shape index (κ3) is 2.89. The Morgan fingerprint density at radius 1 is 1.48 bits per heavy atom. The molecule has 0 saturated heterocycles. The summed E-state index contributed by atoms with van der Waals surface area (Å²) in [5.74, 6) is 0.248. The summed E-state index contributed by atoms with van der Waals surface area (Å²) in [4.78, 5) is 11.7. The van der Waals surface area contributed by atoms with E-state index in [1.165, 1.54) is 6.20 Å². The number of rotatable bonds is 3. The molecule has 0 aliphatic carbocycles. The summed E-state index contributed by atoms with van der Waals surface area (Å²) in [5, 5.41) is 28.4. The van der Waals surface area contributed by atoms with E-state index in [4.69, 9.17) is 5.26 Å². The fourth-order valence-electron chi connectivity index (χ4n) is 2.57. The van der Waals surface area contributed by atoms with Gasteiger partial charge in [-0.25, -0.2) is 0 Å². The van der Waals surface area contributed by atoms with Gasteiger partial charge in [-0.2, -0.15) is 10.5 Å². The van der Waals surface area contributed by atoms with Gasteiger partial charge < -0.3 is 10.6 Å². The number of hydrogen-bond donors (Lipinski definition) is 3. The van der Waals surface area contributed by atoms with Crippen LogP contribution in [0.25, 0.3) is 5.57 Å². The van der Waals surface area contributed by atoms with E-state index in [9.17, 15) is 4.79 Å². The van der Waals surface area contributed by atoms with E-state index in [-0.39, 0.29) is 22.7 Å². The lowest BCUT2D eigenvalue weighted by Gasteiger charge is -2.32. The summed E-state index contributed by atoms with van der Waals surface area (Å²) < 4.78 is 0. The molecule has 2 aromatic rings. The van der Waals surface area contributed by atoms with Crippen LogP contribution in [0, 0.1) is 11.3 Å². The van der Waals surface area contributed by atoms with Crippen molar-refractivity contribution in [3.05, 3.63) is 35.8 Å². The number of fused-ring (bicyclic) bond motifs is 1. The van der Waals surface area contributed by atoms with E-state index in [0.717, 1.165) is 16.9 Å². The number of anilines is 2. The SMILES string of the molecule is CC1(C)CC(=O)Nc2ccc(NC=C(C#N)c3nn[nH]n3)cc21. The number of H-pyrrole nitrogens is 1. The smallest absolute Gasteiger partial charge is 0.225 e. The maximum Gasteiger partial charge on any atom is 0.225 e. The van der Waals surface area contributed by atoms with Gasteiger partial charge in [0.15, 0.2) is 0 Å². The van der Waals surface area contributed by atoms with Crippen molar-refractivity contribution in [1.82, 2.24) is 20.6 Å². The van der Waals surface area contributed by atoms with Crippen LogP contribution in [0.5, 0.6) is 0 Å². The Bertz CT molecular complexity index is 815. The number of hydrogen-bond acceptors (Lipinski definition) is 6. The lowest BCUT2D eigenvalue weighted by Crippen LogP contribution is -2.32. The molecule has 8 heteroatoms. The predicted molar refractivity (Wildman–Crippen MR) is 84.1 cm³/mol. The minimum atomic E-state index is -0.245. The Morgan fingerprint density at radius 3 is 3.00 bits per heavy atom. The van der Waals surface area contributed by atoms with Crippen LogP contribution in [0.2, 0.25) is 0 Å². The van der Waals surface area contributed by atoms with Crippen molar-refractivity contribution in [2.24, 2.45) is 0 Å². The topological polar surface area (TPSA) is 119 Å². The first-order valence-corrected chi connectivity index (χ1v) is 7.04. The van der Waals surface area contributed by atoms with Crippen LogP contribution in [0.15, 0.2) is 24.4 Å². The second kappa shape index (κ2) is 5.53. The maximum absolute atomic E-state index is 11.7. The minimum absolute atomic E-state index is 0.0204. The molecule has 1 amide bonds. The highest BCUT2D eigenvalue weighted by molar-refractivity contribution is 5.95. The molecule has 0 radical (unpaired) electrons. The largest absolute Gasteiger partial charge is 0.360 e. The van der Waals surface area contributed by atoms with Gasteiger partial charge in [-0.1, -0.05) is 13.8 Å². The standard InChI is InChI=1S/C15H15N7O/c1-15(2)6-13(23)18-12-4-3-10(5-11(12)15)17-8-9(7-16)14-19-21-22-20-14/h3-5,8,17H,6H2,1-2H3,(H,18,23)(H,19,20,21,22). The van der Waals surface area contributed by atoms with Crippen LogP contribution in [0.4, 0.5) is 11.4 Å². The van der Waals surface area contributed by atoms with Gasteiger partial charge >= 0.3 is 0 Å². The lowest BCUT2D eigenvalue weighted by molar-refractivity contribution is -0.117. The third-order valence-electron chi connectivity index (χ3n) is 3.72. The number of tetrazole rings is 1. The molecule has 0 bridgehead atoms. The number of carbonyl (C=O) groups excluding carboxylic acids is 1. The second-order valence-corrected chi connectivity index (χ2v) is 5.92. The third-order valence-corrected chi connectivity index (χ3v) is 3.72. The molecule has 1 aromatic carbocycles. The minimum Gasteiger partial charge on any atom is -0.360 e. The Kier molecular flexibility index (Phi) is 3.54. The summed E-state index contributed by atoms with van der Waals surface area (Å²) in [7, 11) is 0. The number of nitrogens with one attached hydrogen (secondary N) is 3. The van der Waals surface area contributed by atoms with Crippen LogP contribution in [0.3, 0.4) is 0 Å². The molecular formula is C15H15N7O. The van der Waals surface area contributed by atoms with E-state index in [0.29, 0.717) is 6.42 Å². The van der Waals surface area contributed by atoms with Crippen LogP contribution in [0.1, 0.15) is 31.7 Å². The number of aromatic nitrogens is 4. The normalized spacial score (nSPS) is 16.2. The number of allylic oxidation sites excluding steroid dienone is 1. The van der Waals surface area contributed by atoms with Gasteiger partial charge in [0.05, 0.1) is 0 Å². The highest BCUT2D eigenvalue weighted by atomic mass is 16.1. The number of benzene rings is 1. The average molecular weight is 309 g/mol. The molecule has 2 heterocycles. The van der Waals surface area contributed by atoms with Gasteiger partial charge in [-0.15, -0.1) is 10.2 Å². The zero-order valence-corrected chi connectivity index (χ0v) is 12.7. The van der Waals surface area contributed by atoms with E-state index in [1.54, 1.807) is 0 Å². The zero-order valence-electron chi connectivity index (χ0n) is 12.7. The first-order valence-electron chi connectivity index (χ1n) is 7.04. The van der Waals surface area contributed by atoms with Crippen LogP contribution >= 0.6 is 0 Å². The molecule has 3 rings (SSSR count). The molecule has 1 aliphatic heterocycles. The predicted octanol–water partition coefficient (Wildman–Crippen LogP) is 1.80. The number of carbonyl (C=O) groups is 1. The van der Waals surface area contributed by atoms with E-state index >= 15 is 0 Å². The molecule has 8 nitrogen and oxygen atoms in total. The van der Waals surface area contributed by atoms with Gasteiger partial charge in [0.2, 0.25) is 11.7 Å². The van der Waals surface area contributed by atoms with Crippen LogP contribution < -0.4 is 10.6 Å². The highest BCUT2D eigenvalue weighted by Gasteiger charge is 2.31. The first kappa shape index (κ1) is 14.7. The molecule has 0 spiro atoms. The summed E-state index contributed by atoms with van der Waals surface area (Å²) >= 11 is 0. The van der Waals surface area contributed by atoms with E-state index < -0.39 is 0 Å². The van der Waals surface area contributed by atoms with Crippen molar-refractivity contribution in [1.29, 1.82) is 5.26 Å². The quantitative estimate of drug-likeness (QED) is 0.744. The molecule has 0 saturated carbocycles. The van der Waals surface area contributed by atoms with Crippen LogP contribution in [-0.2, 0) is 10.2 Å². The Balaban J connectivity index is 1.88. The van der Waals surface area contributed by atoms with Crippen molar-refractivity contribution < 1.29 is 4.79 Å². The maximum atomic E-state index is 11.7. The van der Waals surface area contributed by atoms with Gasteiger partial charge in [0, 0.05) is 29.4 Å². The summed E-state index contributed by atoms with van der Waals surface area (Å²) in [6, 6.07) is 7.67. The molecule has 0 unspecified atom stereocenters. The van der Waals surface area contributed by atoms with Crippen molar-refractivity contribution >= 4 is 22.9 Å². The number of nitriles is 1. The Hall–Kier alpha value is -3.21. The molecule has 3 N–H and O–H groups in total. The molecular weight excluding hydrogens is 294 g/mol. The number of amides is 1. The molecule has 1 aromatic heterocycles. The van der Waals surface area contributed by atoms with Crippen molar-refractivity contribution in [2.75, 3.05) is 10.6 Å².